The average Bonchev–Trinajstić information content (AvgIpc) is 2.89. The van der Waals surface area contributed by atoms with Gasteiger partial charge in [0.05, 0.1) is 0 Å². The van der Waals surface area contributed by atoms with Crippen LogP contribution in [0.2, 0.25) is 0 Å². The van der Waals surface area contributed by atoms with Crippen molar-refractivity contribution in [3.8, 4) is 0 Å². The molecule has 1 fully saturated rings. The Morgan fingerprint density at radius 2 is 2.10 bits per heavy atom. The van der Waals surface area contributed by atoms with E-state index < -0.39 is 0 Å². The van der Waals surface area contributed by atoms with Gasteiger partial charge in [-0.25, -0.2) is 0 Å². The lowest BCUT2D eigenvalue weighted by Crippen LogP contribution is -2.36. The molecule has 1 saturated carbocycles. The van der Waals surface area contributed by atoms with E-state index in [9.17, 15) is 4.79 Å². The number of carbonyl (C=O) groups excluding carboxylic acids is 1. The number of hydrogen-bond donors (Lipinski definition) is 2. The third-order valence-electron chi connectivity index (χ3n) is 4.49. The summed E-state index contributed by atoms with van der Waals surface area (Å²) in [7, 11) is 0. The van der Waals surface area contributed by atoms with Crippen molar-refractivity contribution in [3.05, 3.63) is 34.9 Å². The molecule has 1 aromatic rings. The molecule has 0 heterocycles. The number of rotatable bonds is 5. The summed E-state index contributed by atoms with van der Waals surface area (Å²) in [6.45, 7) is 5.59. The zero-order chi connectivity index (χ0) is 14.5. The standard InChI is InChI=1S/C17H26N2O.ClH/c1-12-6-7-14(13(2)10-12)8-9-19-17(20)16-5-3-4-15(16)11-18;/h6-7,10,15-16H,3-5,8-9,11,18H2,1-2H3,(H,19,20);1H/t15-,16-;/m1./s1. The highest BCUT2D eigenvalue weighted by atomic mass is 35.5. The quantitative estimate of drug-likeness (QED) is 0.878. The molecule has 118 valence electrons. The number of carbonyl (C=O) groups is 1. The van der Waals surface area contributed by atoms with Crippen LogP contribution in [-0.4, -0.2) is 19.0 Å². The normalized spacial score (nSPS) is 20.9. The van der Waals surface area contributed by atoms with Crippen molar-refractivity contribution in [2.75, 3.05) is 13.1 Å². The van der Waals surface area contributed by atoms with Crippen LogP contribution in [0, 0.1) is 25.7 Å². The van der Waals surface area contributed by atoms with Gasteiger partial charge in [0.1, 0.15) is 0 Å². The van der Waals surface area contributed by atoms with E-state index in [0.29, 0.717) is 12.5 Å². The van der Waals surface area contributed by atoms with Crippen molar-refractivity contribution in [2.24, 2.45) is 17.6 Å². The Kier molecular flexibility index (Phi) is 7.20. The Hall–Kier alpha value is -1.06. The molecule has 0 saturated heterocycles. The van der Waals surface area contributed by atoms with Crippen LogP contribution >= 0.6 is 12.4 Å². The highest BCUT2D eigenvalue weighted by molar-refractivity contribution is 5.85. The van der Waals surface area contributed by atoms with Crippen LogP contribution < -0.4 is 11.1 Å². The molecule has 1 amide bonds. The minimum atomic E-state index is 0. The van der Waals surface area contributed by atoms with Crippen LogP contribution in [0.5, 0.6) is 0 Å². The number of benzene rings is 1. The molecule has 0 aliphatic heterocycles. The molecule has 21 heavy (non-hydrogen) atoms. The summed E-state index contributed by atoms with van der Waals surface area (Å²) in [5.74, 6) is 0.720. The lowest BCUT2D eigenvalue weighted by atomic mass is 9.95. The van der Waals surface area contributed by atoms with Gasteiger partial charge in [0.25, 0.3) is 0 Å². The molecular weight excluding hydrogens is 284 g/mol. The number of amides is 1. The minimum absolute atomic E-state index is 0. The first-order valence-corrected chi connectivity index (χ1v) is 7.65. The maximum atomic E-state index is 12.2. The molecular formula is C17H27ClN2O. The van der Waals surface area contributed by atoms with E-state index in [-0.39, 0.29) is 24.2 Å². The third kappa shape index (κ3) is 4.72. The third-order valence-corrected chi connectivity index (χ3v) is 4.49. The van der Waals surface area contributed by atoms with Crippen LogP contribution in [0.1, 0.15) is 36.0 Å². The van der Waals surface area contributed by atoms with E-state index in [4.69, 9.17) is 5.73 Å². The molecule has 1 aliphatic rings. The van der Waals surface area contributed by atoms with Crippen molar-refractivity contribution < 1.29 is 4.79 Å². The second-order valence-electron chi connectivity index (χ2n) is 6.00. The predicted molar refractivity (Wildman–Crippen MR) is 89.8 cm³/mol. The number of halogens is 1. The Balaban J connectivity index is 0.00000220. The van der Waals surface area contributed by atoms with Gasteiger partial charge in [0.15, 0.2) is 0 Å². The fourth-order valence-corrected chi connectivity index (χ4v) is 3.24. The lowest BCUT2D eigenvalue weighted by molar-refractivity contribution is -0.125. The molecule has 2 rings (SSSR count). The van der Waals surface area contributed by atoms with Gasteiger partial charge < -0.3 is 11.1 Å². The summed E-state index contributed by atoms with van der Waals surface area (Å²) in [5.41, 5.74) is 9.64. The Labute approximate surface area is 134 Å². The van der Waals surface area contributed by atoms with Crippen molar-refractivity contribution in [1.82, 2.24) is 5.32 Å². The Morgan fingerprint density at radius 3 is 2.76 bits per heavy atom. The molecule has 1 aliphatic carbocycles. The van der Waals surface area contributed by atoms with Crippen LogP contribution in [0.25, 0.3) is 0 Å². The molecule has 3 N–H and O–H groups in total. The van der Waals surface area contributed by atoms with E-state index >= 15 is 0 Å². The van der Waals surface area contributed by atoms with Gasteiger partial charge in [-0.1, -0.05) is 30.2 Å². The van der Waals surface area contributed by atoms with E-state index in [0.717, 1.165) is 32.2 Å². The number of aryl methyl sites for hydroxylation is 2. The zero-order valence-electron chi connectivity index (χ0n) is 13.0. The van der Waals surface area contributed by atoms with Crippen LogP contribution in [-0.2, 0) is 11.2 Å². The first-order valence-electron chi connectivity index (χ1n) is 7.65. The van der Waals surface area contributed by atoms with E-state index in [2.05, 4.69) is 37.4 Å². The molecule has 0 bridgehead atoms. The summed E-state index contributed by atoms with van der Waals surface area (Å²) < 4.78 is 0. The summed E-state index contributed by atoms with van der Waals surface area (Å²) in [5, 5.41) is 3.08. The van der Waals surface area contributed by atoms with E-state index in [1.54, 1.807) is 0 Å². The van der Waals surface area contributed by atoms with Crippen molar-refractivity contribution in [1.29, 1.82) is 0 Å². The summed E-state index contributed by atoms with van der Waals surface area (Å²) in [6.07, 6.45) is 4.14. The predicted octanol–water partition coefficient (Wildman–Crippen LogP) is 2.76. The molecule has 0 spiro atoms. The van der Waals surface area contributed by atoms with Gasteiger partial charge in [-0.3, -0.25) is 4.79 Å². The molecule has 1 aromatic carbocycles. The summed E-state index contributed by atoms with van der Waals surface area (Å²) >= 11 is 0. The van der Waals surface area contributed by atoms with Gasteiger partial charge in [-0.2, -0.15) is 0 Å². The maximum Gasteiger partial charge on any atom is 0.223 e. The molecule has 0 aromatic heterocycles. The van der Waals surface area contributed by atoms with Gasteiger partial charge in [-0.05, 0) is 56.7 Å². The van der Waals surface area contributed by atoms with Gasteiger partial charge in [0, 0.05) is 12.5 Å². The molecule has 4 heteroatoms. The molecule has 0 unspecified atom stereocenters. The maximum absolute atomic E-state index is 12.2. The van der Waals surface area contributed by atoms with Crippen LogP contribution in [0.4, 0.5) is 0 Å². The Morgan fingerprint density at radius 1 is 1.33 bits per heavy atom. The van der Waals surface area contributed by atoms with Crippen LogP contribution in [0.3, 0.4) is 0 Å². The van der Waals surface area contributed by atoms with Crippen LogP contribution in [0.15, 0.2) is 18.2 Å². The van der Waals surface area contributed by atoms with Crippen molar-refractivity contribution in [3.63, 3.8) is 0 Å². The van der Waals surface area contributed by atoms with Crippen molar-refractivity contribution >= 4 is 18.3 Å². The van der Waals surface area contributed by atoms with Gasteiger partial charge in [0.2, 0.25) is 5.91 Å². The Bertz CT molecular complexity index is 476. The zero-order valence-corrected chi connectivity index (χ0v) is 13.8. The number of nitrogens with one attached hydrogen (secondary N) is 1. The fourth-order valence-electron chi connectivity index (χ4n) is 3.24. The smallest absolute Gasteiger partial charge is 0.223 e. The highest BCUT2D eigenvalue weighted by Crippen LogP contribution is 2.30. The summed E-state index contributed by atoms with van der Waals surface area (Å²) in [6, 6.07) is 6.49. The fraction of sp³-hybridized carbons (Fsp3) is 0.588. The largest absolute Gasteiger partial charge is 0.356 e. The number of hydrogen-bond acceptors (Lipinski definition) is 2. The van der Waals surface area contributed by atoms with Gasteiger partial charge in [-0.15, -0.1) is 12.4 Å². The average molecular weight is 311 g/mol. The monoisotopic (exact) mass is 310 g/mol. The van der Waals surface area contributed by atoms with E-state index in [1.807, 2.05) is 0 Å². The first-order chi connectivity index (χ1) is 9.61. The lowest BCUT2D eigenvalue weighted by Gasteiger charge is -2.17. The highest BCUT2D eigenvalue weighted by Gasteiger charge is 2.31. The van der Waals surface area contributed by atoms with E-state index in [1.165, 1.54) is 16.7 Å². The molecule has 3 nitrogen and oxygen atoms in total. The SMILES string of the molecule is Cc1ccc(CCNC(=O)[C@@H]2CCC[C@@H]2CN)c(C)c1.Cl. The number of nitrogens with two attached hydrogens (primary N) is 1. The first kappa shape index (κ1) is 18.0. The molecule has 2 atom stereocenters. The van der Waals surface area contributed by atoms with Crippen molar-refractivity contribution in [2.45, 2.75) is 39.5 Å². The van der Waals surface area contributed by atoms with Gasteiger partial charge >= 0.3 is 0 Å². The topological polar surface area (TPSA) is 55.1 Å². The summed E-state index contributed by atoms with van der Waals surface area (Å²) in [4.78, 5) is 12.2. The second kappa shape index (κ2) is 8.40. The second-order valence-corrected chi connectivity index (χ2v) is 6.00. The minimum Gasteiger partial charge on any atom is -0.356 e. The molecule has 0 radical (unpaired) electrons.